The number of fused-ring (bicyclic) bond motifs is 7. The van der Waals surface area contributed by atoms with Crippen molar-refractivity contribution in [2.24, 2.45) is 0 Å². The van der Waals surface area contributed by atoms with Crippen LogP contribution in [0.3, 0.4) is 0 Å². The van der Waals surface area contributed by atoms with Gasteiger partial charge in [0.1, 0.15) is 18.3 Å². The van der Waals surface area contributed by atoms with E-state index in [4.69, 9.17) is 18.4 Å². The van der Waals surface area contributed by atoms with Crippen molar-refractivity contribution in [1.82, 2.24) is 9.55 Å². The SMILES string of the molecule is CC1(C)O[C@@H]2[C@H](O1)[C@H]1C[C@H](OS(C)(=O)=O)c3cc(=O)[nH]c(=O)n3[C@@H]2O1. The molecule has 0 saturated carbocycles. The first-order valence-corrected chi connectivity index (χ1v) is 9.61. The third-order valence-electron chi connectivity index (χ3n) is 4.45. The summed E-state index contributed by atoms with van der Waals surface area (Å²) < 4.78 is 47.2. The Kier molecular flexibility index (Phi) is 3.54. The Labute approximate surface area is 142 Å². The van der Waals surface area contributed by atoms with E-state index < -0.39 is 57.8 Å². The highest BCUT2D eigenvalue weighted by atomic mass is 32.2. The van der Waals surface area contributed by atoms with Crippen LogP contribution in [0.25, 0.3) is 0 Å². The molecule has 0 unspecified atom stereocenters. The maximum atomic E-state index is 12.4. The van der Waals surface area contributed by atoms with Gasteiger partial charge in [-0.2, -0.15) is 8.42 Å². The molecule has 5 atom stereocenters. The van der Waals surface area contributed by atoms with Gasteiger partial charge >= 0.3 is 5.69 Å². The average molecular weight is 374 g/mol. The summed E-state index contributed by atoms with van der Waals surface area (Å²) in [6.45, 7) is 3.50. The van der Waals surface area contributed by atoms with Crippen molar-refractivity contribution < 1.29 is 26.8 Å². The number of hydrogen-bond donors (Lipinski definition) is 1. The minimum Gasteiger partial charge on any atom is -0.349 e. The maximum Gasteiger partial charge on any atom is 0.330 e. The van der Waals surface area contributed by atoms with E-state index in [1.807, 2.05) is 0 Å². The molecule has 2 saturated heterocycles. The number of rotatable bonds is 2. The summed E-state index contributed by atoms with van der Waals surface area (Å²) in [7, 11) is -3.83. The molecule has 1 aromatic rings. The highest BCUT2D eigenvalue weighted by molar-refractivity contribution is 7.86. The second kappa shape index (κ2) is 5.24. The molecule has 1 N–H and O–H groups in total. The molecule has 1 aromatic heterocycles. The van der Waals surface area contributed by atoms with Crippen LogP contribution in [0.5, 0.6) is 0 Å². The highest BCUT2D eigenvalue weighted by Crippen LogP contribution is 2.47. The lowest BCUT2D eigenvalue weighted by molar-refractivity contribution is -0.196. The van der Waals surface area contributed by atoms with Gasteiger partial charge in [0.05, 0.1) is 18.1 Å². The van der Waals surface area contributed by atoms with Gasteiger partial charge in [0.15, 0.2) is 12.0 Å². The second-order valence-corrected chi connectivity index (χ2v) is 8.49. The van der Waals surface area contributed by atoms with Crippen LogP contribution in [0.4, 0.5) is 0 Å². The van der Waals surface area contributed by atoms with Gasteiger partial charge in [-0.25, -0.2) is 4.79 Å². The van der Waals surface area contributed by atoms with Crippen LogP contribution < -0.4 is 11.2 Å². The standard InChI is InChI=1S/C14H18N2O8S/c1-14(2)22-10-8-5-7(24-25(3,19)20)6-4-9(17)15-13(18)16(6)12(21-8)11(10)23-14/h4,7-8,10-12H,5H2,1-3H3,(H,15,17,18)/t7-,8+,10+,11+,12+/m0/s1. The quantitative estimate of drug-likeness (QED) is 0.679. The predicted octanol–water partition coefficient (Wildman–Crippen LogP) is -0.625. The van der Waals surface area contributed by atoms with Crippen LogP contribution in [0, 0.1) is 0 Å². The molecule has 138 valence electrons. The van der Waals surface area contributed by atoms with E-state index in [9.17, 15) is 18.0 Å². The maximum absolute atomic E-state index is 12.4. The Morgan fingerprint density at radius 3 is 2.64 bits per heavy atom. The van der Waals surface area contributed by atoms with Crippen molar-refractivity contribution in [1.29, 1.82) is 0 Å². The van der Waals surface area contributed by atoms with Gasteiger partial charge in [0.2, 0.25) is 0 Å². The lowest BCUT2D eigenvalue weighted by Gasteiger charge is -2.25. The number of nitrogens with zero attached hydrogens (tertiary/aromatic N) is 1. The minimum atomic E-state index is -3.83. The van der Waals surface area contributed by atoms with E-state index >= 15 is 0 Å². The molecule has 4 rings (SSSR count). The summed E-state index contributed by atoms with van der Waals surface area (Å²) in [6.07, 6.45) is -2.43. The summed E-state index contributed by atoms with van der Waals surface area (Å²) in [5.41, 5.74) is -1.22. The molecule has 0 spiro atoms. The minimum absolute atomic E-state index is 0.104. The fourth-order valence-corrected chi connectivity index (χ4v) is 4.32. The number of aromatic amines is 1. The van der Waals surface area contributed by atoms with Crippen molar-refractivity contribution in [2.75, 3.05) is 6.26 Å². The van der Waals surface area contributed by atoms with Crippen molar-refractivity contribution >= 4 is 10.1 Å². The Bertz CT molecular complexity index is 933. The lowest BCUT2D eigenvalue weighted by atomic mass is 10.00. The Morgan fingerprint density at radius 2 is 1.96 bits per heavy atom. The molecule has 3 aliphatic heterocycles. The molecule has 0 aromatic carbocycles. The zero-order chi connectivity index (χ0) is 18.1. The van der Waals surface area contributed by atoms with Crippen molar-refractivity contribution in [3.63, 3.8) is 0 Å². The first kappa shape index (κ1) is 16.9. The Hall–Kier alpha value is -1.53. The van der Waals surface area contributed by atoms with Gasteiger partial charge in [0.25, 0.3) is 15.7 Å². The van der Waals surface area contributed by atoms with Crippen molar-refractivity contribution in [3.8, 4) is 0 Å². The van der Waals surface area contributed by atoms with Crippen LogP contribution in [0.1, 0.15) is 38.3 Å². The van der Waals surface area contributed by atoms with Gasteiger partial charge in [0, 0.05) is 12.5 Å². The first-order chi connectivity index (χ1) is 11.5. The van der Waals surface area contributed by atoms with Gasteiger partial charge < -0.3 is 14.2 Å². The van der Waals surface area contributed by atoms with Gasteiger partial charge in [-0.1, -0.05) is 0 Å². The predicted molar refractivity (Wildman–Crippen MR) is 82.3 cm³/mol. The first-order valence-electron chi connectivity index (χ1n) is 7.79. The number of ether oxygens (including phenoxy) is 3. The van der Waals surface area contributed by atoms with Crippen LogP contribution in [-0.4, -0.2) is 48.3 Å². The summed E-state index contributed by atoms with van der Waals surface area (Å²) in [6, 6.07) is 1.15. The summed E-state index contributed by atoms with van der Waals surface area (Å²) >= 11 is 0. The Balaban J connectivity index is 1.87. The molecule has 0 radical (unpaired) electrons. The summed E-state index contributed by atoms with van der Waals surface area (Å²) in [5, 5.41) is 0. The van der Waals surface area contributed by atoms with Crippen LogP contribution in [0.15, 0.2) is 15.7 Å². The largest absolute Gasteiger partial charge is 0.349 e. The lowest BCUT2D eigenvalue weighted by Crippen LogP contribution is -2.41. The molecule has 0 amide bonds. The average Bonchev–Trinajstić information content (AvgIpc) is 2.84. The molecular formula is C14H18N2O8S. The highest BCUT2D eigenvalue weighted by Gasteiger charge is 2.58. The number of hydrogen-bond acceptors (Lipinski definition) is 8. The molecule has 2 fully saturated rings. The van der Waals surface area contributed by atoms with Crippen molar-refractivity contribution in [3.05, 3.63) is 32.6 Å². The van der Waals surface area contributed by atoms with E-state index in [0.717, 1.165) is 12.3 Å². The molecule has 2 bridgehead atoms. The molecule has 4 heterocycles. The zero-order valence-corrected chi connectivity index (χ0v) is 14.6. The Morgan fingerprint density at radius 1 is 1.28 bits per heavy atom. The summed E-state index contributed by atoms with van der Waals surface area (Å²) in [5.74, 6) is -0.862. The van der Waals surface area contributed by atoms with E-state index in [-0.39, 0.29) is 12.1 Å². The van der Waals surface area contributed by atoms with E-state index in [1.54, 1.807) is 13.8 Å². The van der Waals surface area contributed by atoms with Gasteiger partial charge in [-0.05, 0) is 13.8 Å². The topological polar surface area (TPSA) is 126 Å². The third kappa shape index (κ3) is 2.85. The smallest absolute Gasteiger partial charge is 0.330 e. The molecule has 10 nitrogen and oxygen atoms in total. The van der Waals surface area contributed by atoms with Gasteiger partial charge in [-0.3, -0.25) is 18.5 Å². The molecule has 3 aliphatic rings. The zero-order valence-electron chi connectivity index (χ0n) is 13.8. The van der Waals surface area contributed by atoms with Crippen LogP contribution in [-0.2, 0) is 28.5 Å². The number of aromatic nitrogens is 2. The normalized spacial score (nSPS) is 35.9. The molecule has 25 heavy (non-hydrogen) atoms. The van der Waals surface area contributed by atoms with E-state index in [0.29, 0.717) is 0 Å². The molecule has 11 heteroatoms. The molecule has 0 aliphatic carbocycles. The second-order valence-electron chi connectivity index (χ2n) is 6.89. The number of nitrogens with one attached hydrogen (secondary N) is 1. The van der Waals surface area contributed by atoms with Crippen LogP contribution >= 0.6 is 0 Å². The molecular weight excluding hydrogens is 356 g/mol. The van der Waals surface area contributed by atoms with E-state index in [2.05, 4.69) is 4.98 Å². The fourth-order valence-electron chi connectivity index (χ4n) is 3.72. The fraction of sp³-hybridized carbons (Fsp3) is 0.714. The van der Waals surface area contributed by atoms with Gasteiger partial charge in [-0.15, -0.1) is 0 Å². The van der Waals surface area contributed by atoms with Crippen molar-refractivity contribution in [2.45, 2.75) is 56.7 Å². The third-order valence-corrected chi connectivity index (χ3v) is 5.03. The monoisotopic (exact) mass is 374 g/mol. The van der Waals surface area contributed by atoms with E-state index in [1.165, 1.54) is 4.57 Å². The summed E-state index contributed by atoms with van der Waals surface area (Å²) in [4.78, 5) is 26.3. The van der Waals surface area contributed by atoms with Crippen LogP contribution in [0.2, 0.25) is 0 Å². The number of H-pyrrole nitrogens is 1.